The first-order valence-corrected chi connectivity index (χ1v) is 5.69. The second kappa shape index (κ2) is 5.37. The molecule has 0 saturated carbocycles. The van der Waals surface area contributed by atoms with Crippen molar-refractivity contribution in [2.45, 2.75) is 6.42 Å². The molecule has 0 aliphatic heterocycles. The summed E-state index contributed by atoms with van der Waals surface area (Å²) in [7, 11) is 0. The van der Waals surface area contributed by atoms with Crippen LogP contribution in [0.1, 0.15) is 16.1 Å². The van der Waals surface area contributed by atoms with Gasteiger partial charge in [-0.3, -0.25) is 4.79 Å². The summed E-state index contributed by atoms with van der Waals surface area (Å²) in [6.45, 7) is 0.611. The quantitative estimate of drug-likeness (QED) is 0.871. The fourth-order valence-electron chi connectivity index (χ4n) is 1.32. The maximum Gasteiger partial charge on any atom is 0.272 e. The summed E-state index contributed by atoms with van der Waals surface area (Å²) < 4.78 is 7.64. The number of hydrogen-bond donors (Lipinski definition) is 1. The summed E-state index contributed by atoms with van der Waals surface area (Å²) in [5, 5.41) is 2.80. The Kier molecular flexibility index (Phi) is 3.61. The summed E-state index contributed by atoms with van der Waals surface area (Å²) in [4.78, 5) is 11.5. The summed E-state index contributed by atoms with van der Waals surface area (Å²) >= 11 is 1.04. The molecule has 0 bridgehead atoms. The zero-order valence-electron chi connectivity index (χ0n) is 8.59. The maximum atomic E-state index is 11.5. The third-order valence-corrected chi connectivity index (χ3v) is 2.61. The fourth-order valence-corrected chi connectivity index (χ4v) is 1.73. The molecular weight excluding hydrogens is 222 g/mol. The van der Waals surface area contributed by atoms with Crippen LogP contribution in [0.5, 0.6) is 0 Å². The highest BCUT2D eigenvalue weighted by molar-refractivity contribution is 6.99. The van der Waals surface area contributed by atoms with Gasteiger partial charge in [0.05, 0.1) is 17.9 Å². The largest absolute Gasteiger partial charge is 0.350 e. The molecule has 0 spiro atoms. The van der Waals surface area contributed by atoms with E-state index in [9.17, 15) is 4.79 Å². The predicted molar refractivity (Wildman–Crippen MR) is 62.4 cm³/mol. The van der Waals surface area contributed by atoms with E-state index in [-0.39, 0.29) is 5.91 Å². The Morgan fingerprint density at radius 2 is 2.12 bits per heavy atom. The molecule has 2 aromatic rings. The Labute approximate surface area is 97.7 Å². The van der Waals surface area contributed by atoms with E-state index in [1.165, 1.54) is 11.8 Å². The van der Waals surface area contributed by atoms with Crippen LogP contribution >= 0.6 is 11.7 Å². The third kappa shape index (κ3) is 2.87. The molecule has 2 rings (SSSR count). The van der Waals surface area contributed by atoms with Crippen molar-refractivity contribution in [3.05, 3.63) is 47.8 Å². The molecule has 0 aliphatic rings. The van der Waals surface area contributed by atoms with Crippen molar-refractivity contribution < 1.29 is 4.79 Å². The minimum atomic E-state index is -0.162. The van der Waals surface area contributed by atoms with Crippen molar-refractivity contribution in [1.82, 2.24) is 14.1 Å². The number of carbonyl (C=O) groups is 1. The van der Waals surface area contributed by atoms with Gasteiger partial charge in [0, 0.05) is 6.54 Å². The average molecular weight is 233 g/mol. The highest BCUT2D eigenvalue weighted by Crippen LogP contribution is 1.99. The zero-order chi connectivity index (χ0) is 11.2. The van der Waals surface area contributed by atoms with E-state index < -0.39 is 0 Å². The molecule has 0 atom stereocenters. The van der Waals surface area contributed by atoms with Gasteiger partial charge in [-0.15, -0.1) is 0 Å². The van der Waals surface area contributed by atoms with Gasteiger partial charge in [-0.25, -0.2) is 0 Å². The first kappa shape index (κ1) is 10.8. The normalized spacial score (nSPS) is 10.0. The summed E-state index contributed by atoms with van der Waals surface area (Å²) in [6.07, 6.45) is 2.30. The van der Waals surface area contributed by atoms with Crippen LogP contribution in [0.25, 0.3) is 0 Å². The van der Waals surface area contributed by atoms with E-state index in [2.05, 4.69) is 14.1 Å². The lowest BCUT2D eigenvalue weighted by Crippen LogP contribution is -2.25. The van der Waals surface area contributed by atoms with Crippen molar-refractivity contribution in [2.75, 3.05) is 6.54 Å². The Morgan fingerprint density at radius 3 is 2.81 bits per heavy atom. The second-order valence-corrected chi connectivity index (χ2v) is 3.84. The van der Waals surface area contributed by atoms with Gasteiger partial charge in [-0.05, 0) is 12.0 Å². The number of nitrogens with one attached hydrogen (secondary N) is 1. The van der Waals surface area contributed by atoms with Crippen LogP contribution < -0.4 is 5.32 Å². The molecular formula is C11H11N3OS. The molecule has 1 aromatic heterocycles. The summed E-state index contributed by atoms with van der Waals surface area (Å²) in [6, 6.07) is 10.0. The number of nitrogens with zero attached hydrogens (tertiary/aromatic N) is 2. The van der Waals surface area contributed by atoms with Crippen LogP contribution in [0.2, 0.25) is 0 Å². The lowest BCUT2D eigenvalue weighted by Gasteiger charge is -2.02. The highest BCUT2D eigenvalue weighted by atomic mass is 32.1. The SMILES string of the molecule is O=C(NCCc1ccccc1)c1cnsn1. The number of hydrogen-bond acceptors (Lipinski definition) is 4. The van der Waals surface area contributed by atoms with Gasteiger partial charge >= 0.3 is 0 Å². The smallest absolute Gasteiger partial charge is 0.272 e. The van der Waals surface area contributed by atoms with Crippen molar-refractivity contribution in [1.29, 1.82) is 0 Å². The third-order valence-electron chi connectivity index (χ3n) is 2.14. The summed E-state index contributed by atoms with van der Waals surface area (Å²) in [5.74, 6) is -0.162. The van der Waals surface area contributed by atoms with Gasteiger partial charge < -0.3 is 5.32 Å². The van der Waals surface area contributed by atoms with E-state index in [1.807, 2.05) is 30.3 Å². The Balaban J connectivity index is 1.79. The van der Waals surface area contributed by atoms with Crippen LogP contribution in [0.15, 0.2) is 36.5 Å². The molecule has 0 aliphatic carbocycles. The van der Waals surface area contributed by atoms with E-state index in [4.69, 9.17) is 0 Å². The topological polar surface area (TPSA) is 54.9 Å². The Bertz CT molecular complexity index is 442. The van der Waals surface area contributed by atoms with Gasteiger partial charge in [0.25, 0.3) is 5.91 Å². The number of rotatable bonds is 4. The number of aromatic nitrogens is 2. The van der Waals surface area contributed by atoms with Crippen LogP contribution in [-0.4, -0.2) is 21.2 Å². The van der Waals surface area contributed by atoms with Gasteiger partial charge in [0.15, 0.2) is 5.69 Å². The predicted octanol–water partition coefficient (Wildman–Crippen LogP) is 1.51. The molecule has 0 radical (unpaired) electrons. The maximum absolute atomic E-state index is 11.5. The summed E-state index contributed by atoms with van der Waals surface area (Å²) in [5.41, 5.74) is 1.59. The molecule has 1 heterocycles. The number of benzene rings is 1. The number of carbonyl (C=O) groups excluding carboxylic acids is 1. The van der Waals surface area contributed by atoms with Gasteiger partial charge in [-0.2, -0.15) is 8.75 Å². The molecule has 16 heavy (non-hydrogen) atoms. The monoisotopic (exact) mass is 233 g/mol. The van der Waals surface area contributed by atoms with Crippen molar-refractivity contribution >= 4 is 17.6 Å². The molecule has 5 heteroatoms. The van der Waals surface area contributed by atoms with Crippen LogP contribution in [0, 0.1) is 0 Å². The van der Waals surface area contributed by atoms with Crippen LogP contribution in [-0.2, 0) is 6.42 Å². The van der Waals surface area contributed by atoms with Crippen molar-refractivity contribution in [3.63, 3.8) is 0 Å². The average Bonchev–Trinajstić information content (AvgIpc) is 2.84. The molecule has 82 valence electrons. The molecule has 0 unspecified atom stereocenters. The van der Waals surface area contributed by atoms with E-state index in [0.29, 0.717) is 12.2 Å². The minimum absolute atomic E-state index is 0.162. The molecule has 0 saturated heterocycles. The first-order chi connectivity index (χ1) is 7.86. The van der Waals surface area contributed by atoms with E-state index >= 15 is 0 Å². The zero-order valence-corrected chi connectivity index (χ0v) is 9.41. The van der Waals surface area contributed by atoms with Gasteiger partial charge in [0.1, 0.15) is 0 Å². The minimum Gasteiger partial charge on any atom is -0.350 e. The Morgan fingerprint density at radius 1 is 1.31 bits per heavy atom. The molecule has 1 N–H and O–H groups in total. The van der Waals surface area contributed by atoms with Gasteiger partial charge in [0.2, 0.25) is 0 Å². The van der Waals surface area contributed by atoms with Gasteiger partial charge in [-0.1, -0.05) is 30.3 Å². The number of amides is 1. The highest BCUT2D eigenvalue weighted by Gasteiger charge is 2.06. The second-order valence-electron chi connectivity index (χ2n) is 3.28. The fraction of sp³-hybridized carbons (Fsp3) is 0.182. The Hall–Kier alpha value is -1.75. The lowest BCUT2D eigenvalue weighted by atomic mass is 10.1. The molecule has 1 aromatic carbocycles. The molecule has 1 amide bonds. The van der Waals surface area contributed by atoms with Crippen LogP contribution in [0.4, 0.5) is 0 Å². The lowest BCUT2D eigenvalue weighted by molar-refractivity contribution is 0.0950. The first-order valence-electron chi connectivity index (χ1n) is 4.96. The van der Waals surface area contributed by atoms with Crippen LogP contribution in [0.3, 0.4) is 0 Å². The van der Waals surface area contributed by atoms with Crippen molar-refractivity contribution in [3.8, 4) is 0 Å². The molecule has 0 fully saturated rings. The van der Waals surface area contributed by atoms with E-state index in [0.717, 1.165) is 18.1 Å². The molecule has 4 nitrogen and oxygen atoms in total. The van der Waals surface area contributed by atoms with Crippen molar-refractivity contribution in [2.24, 2.45) is 0 Å². The standard InChI is InChI=1S/C11H11N3OS/c15-11(10-8-13-16-14-10)12-7-6-9-4-2-1-3-5-9/h1-5,8H,6-7H2,(H,12,15). The van der Waals surface area contributed by atoms with E-state index in [1.54, 1.807) is 0 Å².